The number of hydrogen-bond donors (Lipinski definition) is 1. The van der Waals surface area contributed by atoms with Crippen LogP contribution >= 0.6 is 0 Å². The fourth-order valence-corrected chi connectivity index (χ4v) is 2.02. The highest BCUT2D eigenvalue weighted by atomic mass is 16.5. The number of benzene rings is 1. The van der Waals surface area contributed by atoms with Crippen molar-refractivity contribution in [3.63, 3.8) is 0 Å². The summed E-state index contributed by atoms with van der Waals surface area (Å²) in [7, 11) is 0. The number of ether oxygens (including phenoxy) is 1. The summed E-state index contributed by atoms with van der Waals surface area (Å²) in [5, 5.41) is 2.77. The molecule has 0 fully saturated rings. The number of carbonyl (C=O) groups is 2. The van der Waals surface area contributed by atoms with E-state index in [1.54, 1.807) is 6.92 Å². The van der Waals surface area contributed by atoms with Crippen molar-refractivity contribution < 1.29 is 18.7 Å². The number of fused-ring (bicyclic) bond motifs is 1. The Morgan fingerprint density at radius 3 is 2.65 bits per heavy atom. The predicted octanol–water partition coefficient (Wildman–Crippen LogP) is 2.61. The third kappa shape index (κ3) is 5.09. The molecule has 1 aromatic carbocycles. The highest BCUT2D eigenvalue weighted by Gasteiger charge is 2.22. The minimum atomic E-state index is -0.828. The summed E-state index contributed by atoms with van der Waals surface area (Å²) in [5.41, 5.74) is 1.08. The molecule has 6 heteroatoms. The van der Waals surface area contributed by atoms with E-state index < -0.39 is 12.1 Å². The Kier molecular flexibility index (Phi) is 5.03. The Hall–Kier alpha value is -2.37. The minimum absolute atomic E-state index is 0.111. The van der Waals surface area contributed by atoms with Crippen molar-refractivity contribution in [2.75, 3.05) is 0 Å². The molecule has 2 rings (SSSR count). The summed E-state index contributed by atoms with van der Waals surface area (Å²) < 4.78 is 10.7. The number of amides is 1. The third-order valence-electron chi connectivity index (χ3n) is 3.06. The number of para-hydroxylation sites is 2. The number of aromatic nitrogens is 1. The lowest BCUT2D eigenvalue weighted by Crippen LogP contribution is -2.46. The van der Waals surface area contributed by atoms with E-state index in [9.17, 15) is 9.59 Å². The van der Waals surface area contributed by atoms with Gasteiger partial charge in [-0.1, -0.05) is 12.1 Å². The standard InChI is InChI=1S/C17H22N2O4/c1-11(16(21)19-17(2,3)4)22-15(20)10-9-14-18-12-7-5-6-8-13(12)23-14/h5-8,11H,9-10H2,1-4H3,(H,19,21)/t11-/m0/s1. The third-order valence-corrected chi connectivity index (χ3v) is 3.06. The predicted molar refractivity (Wildman–Crippen MR) is 85.8 cm³/mol. The van der Waals surface area contributed by atoms with E-state index in [-0.39, 0.29) is 17.9 Å². The Morgan fingerprint density at radius 2 is 2.00 bits per heavy atom. The molecule has 0 spiro atoms. The molecule has 0 saturated carbocycles. The fourth-order valence-electron chi connectivity index (χ4n) is 2.02. The molecule has 2 aromatic rings. The Morgan fingerprint density at radius 1 is 1.30 bits per heavy atom. The minimum Gasteiger partial charge on any atom is -0.453 e. The van der Waals surface area contributed by atoms with Crippen LogP contribution in [0.4, 0.5) is 0 Å². The van der Waals surface area contributed by atoms with E-state index in [1.807, 2.05) is 45.0 Å². The van der Waals surface area contributed by atoms with E-state index in [1.165, 1.54) is 0 Å². The second kappa shape index (κ2) is 6.81. The number of oxazole rings is 1. The summed E-state index contributed by atoms with van der Waals surface area (Å²) in [6.07, 6.45) is -0.383. The van der Waals surface area contributed by atoms with E-state index in [0.717, 1.165) is 5.52 Å². The van der Waals surface area contributed by atoms with E-state index in [4.69, 9.17) is 9.15 Å². The first kappa shape index (κ1) is 17.0. The first-order chi connectivity index (χ1) is 10.7. The maximum Gasteiger partial charge on any atom is 0.307 e. The van der Waals surface area contributed by atoms with Crippen molar-refractivity contribution in [2.24, 2.45) is 0 Å². The molecule has 0 aliphatic rings. The lowest BCUT2D eigenvalue weighted by Gasteiger charge is -2.23. The van der Waals surface area contributed by atoms with Gasteiger partial charge in [0.25, 0.3) is 5.91 Å². The van der Waals surface area contributed by atoms with Crippen molar-refractivity contribution in [1.29, 1.82) is 0 Å². The van der Waals surface area contributed by atoms with Gasteiger partial charge in [-0.3, -0.25) is 9.59 Å². The molecule has 1 atom stereocenters. The van der Waals surface area contributed by atoms with Crippen LogP contribution in [0, 0.1) is 0 Å². The zero-order valence-corrected chi connectivity index (χ0v) is 13.9. The first-order valence-electron chi connectivity index (χ1n) is 7.60. The quantitative estimate of drug-likeness (QED) is 0.857. The Labute approximate surface area is 135 Å². The monoisotopic (exact) mass is 318 g/mol. The van der Waals surface area contributed by atoms with E-state index >= 15 is 0 Å². The van der Waals surface area contributed by atoms with Crippen molar-refractivity contribution in [2.45, 2.75) is 52.2 Å². The summed E-state index contributed by atoms with van der Waals surface area (Å²) in [5.74, 6) is -0.286. The van der Waals surface area contributed by atoms with Gasteiger partial charge >= 0.3 is 5.97 Å². The van der Waals surface area contributed by atoms with Crippen LogP contribution in [0.15, 0.2) is 28.7 Å². The van der Waals surface area contributed by atoms with Crippen LogP contribution < -0.4 is 5.32 Å². The topological polar surface area (TPSA) is 81.4 Å². The second-order valence-corrected chi connectivity index (χ2v) is 6.45. The zero-order valence-electron chi connectivity index (χ0n) is 13.9. The molecule has 0 aliphatic carbocycles. The molecule has 0 bridgehead atoms. The van der Waals surface area contributed by atoms with E-state index in [0.29, 0.717) is 17.9 Å². The summed E-state index contributed by atoms with van der Waals surface area (Å²) >= 11 is 0. The molecule has 1 amide bonds. The summed E-state index contributed by atoms with van der Waals surface area (Å²) in [6, 6.07) is 7.40. The zero-order chi connectivity index (χ0) is 17.0. The molecule has 0 aliphatic heterocycles. The van der Waals surface area contributed by atoms with Gasteiger partial charge in [-0.05, 0) is 39.8 Å². The maximum absolute atomic E-state index is 11.9. The number of rotatable bonds is 5. The number of hydrogen-bond acceptors (Lipinski definition) is 5. The van der Waals surface area contributed by atoms with Gasteiger partial charge in [0.05, 0.1) is 6.42 Å². The molecule has 1 aromatic heterocycles. The molecular weight excluding hydrogens is 296 g/mol. The molecule has 6 nitrogen and oxygen atoms in total. The lowest BCUT2D eigenvalue weighted by molar-refractivity contribution is -0.155. The average Bonchev–Trinajstić information content (AvgIpc) is 2.86. The smallest absolute Gasteiger partial charge is 0.307 e. The molecule has 0 saturated heterocycles. The first-order valence-corrected chi connectivity index (χ1v) is 7.60. The molecule has 124 valence electrons. The number of nitrogens with one attached hydrogen (secondary N) is 1. The number of esters is 1. The Balaban J connectivity index is 1.83. The molecule has 23 heavy (non-hydrogen) atoms. The molecule has 1 N–H and O–H groups in total. The van der Waals surface area contributed by atoms with Crippen molar-refractivity contribution in [1.82, 2.24) is 10.3 Å². The van der Waals surface area contributed by atoms with Gasteiger partial charge < -0.3 is 14.5 Å². The lowest BCUT2D eigenvalue weighted by atomic mass is 10.1. The second-order valence-electron chi connectivity index (χ2n) is 6.45. The summed E-state index contributed by atoms with van der Waals surface area (Å²) in [6.45, 7) is 7.16. The molecule has 0 unspecified atom stereocenters. The van der Waals surface area contributed by atoms with Crippen LogP contribution in [0.1, 0.15) is 40.0 Å². The van der Waals surface area contributed by atoms with E-state index in [2.05, 4.69) is 10.3 Å². The number of carbonyl (C=O) groups excluding carboxylic acids is 2. The van der Waals surface area contributed by atoms with Crippen LogP contribution in [-0.4, -0.2) is 28.5 Å². The normalized spacial score (nSPS) is 12.9. The van der Waals surface area contributed by atoms with Crippen LogP contribution in [0.3, 0.4) is 0 Å². The number of aryl methyl sites for hydroxylation is 1. The van der Waals surface area contributed by atoms with Gasteiger partial charge in [0.1, 0.15) is 5.52 Å². The van der Waals surface area contributed by atoms with Crippen LogP contribution in [0.2, 0.25) is 0 Å². The van der Waals surface area contributed by atoms with Gasteiger partial charge in [-0.15, -0.1) is 0 Å². The number of nitrogens with zero attached hydrogens (tertiary/aromatic N) is 1. The molecule has 0 radical (unpaired) electrons. The molecule has 1 heterocycles. The van der Waals surface area contributed by atoms with Gasteiger partial charge in [-0.2, -0.15) is 0 Å². The summed E-state index contributed by atoms with van der Waals surface area (Å²) in [4.78, 5) is 28.0. The largest absolute Gasteiger partial charge is 0.453 e. The van der Waals surface area contributed by atoms with Crippen molar-refractivity contribution in [3.8, 4) is 0 Å². The van der Waals surface area contributed by atoms with Crippen LogP contribution in [-0.2, 0) is 20.7 Å². The average molecular weight is 318 g/mol. The van der Waals surface area contributed by atoms with Crippen LogP contribution in [0.5, 0.6) is 0 Å². The highest BCUT2D eigenvalue weighted by Crippen LogP contribution is 2.16. The maximum atomic E-state index is 11.9. The van der Waals surface area contributed by atoms with Crippen molar-refractivity contribution in [3.05, 3.63) is 30.2 Å². The van der Waals surface area contributed by atoms with Crippen LogP contribution in [0.25, 0.3) is 11.1 Å². The van der Waals surface area contributed by atoms with Gasteiger partial charge in [0.2, 0.25) is 0 Å². The van der Waals surface area contributed by atoms with Gasteiger partial charge in [0.15, 0.2) is 17.6 Å². The fraction of sp³-hybridized carbons (Fsp3) is 0.471. The van der Waals surface area contributed by atoms with Gasteiger partial charge in [-0.25, -0.2) is 4.98 Å². The Bertz CT molecular complexity index is 667. The highest BCUT2D eigenvalue weighted by molar-refractivity contribution is 5.83. The SMILES string of the molecule is C[C@H](OC(=O)CCc1nc2ccccc2o1)C(=O)NC(C)(C)C. The van der Waals surface area contributed by atoms with Crippen molar-refractivity contribution >= 4 is 23.0 Å². The molecular formula is C17H22N2O4. The van der Waals surface area contributed by atoms with Gasteiger partial charge in [0, 0.05) is 12.0 Å².